The molecular formula is C17H20N2O3S. The first-order chi connectivity index (χ1) is 10.9. The average Bonchev–Trinajstić information content (AvgIpc) is 2.55. The van der Waals surface area contributed by atoms with Crippen LogP contribution in [0.15, 0.2) is 59.5 Å². The molecule has 23 heavy (non-hydrogen) atoms. The summed E-state index contributed by atoms with van der Waals surface area (Å²) in [6.45, 7) is 1.95. The van der Waals surface area contributed by atoms with Gasteiger partial charge < -0.3 is 0 Å². The summed E-state index contributed by atoms with van der Waals surface area (Å²) in [5, 5.41) is 0. The van der Waals surface area contributed by atoms with E-state index >= 15 is 0 Å². The number of carbonyl (C=O) groups excluding carboxylic acids is 1. The lowest BCUT2D eigenvalue weighted by atomic mass is 9.96. The molecule has 0 radical (unpaired) electrons. The third-order valence-electron chi connectivity index (χ3n) is 3.66. The molecule has 0 saturated carbocycles. The van der Waals surface area contributed by atoms with Crippen molar-refractivity contribution in [1.29, 1.82) is 0 Å². The van der Waals surface area contributed by atoms with Gasteiger partial charge in [-0.05, 0) is 24.6 Å². The number of hydrazine groups is 1. The summed E-state index contributed by atoms with van der Waals surface area (Å²) in [6.07, 6.45) is 0.0195. The van der Waals surface area contributed by atoms with E-state index in [1.807, 2.05) is 31.2 Å². The summed E-state index contributed by atoms with van der Waals surface area (Å²) < 4.78 is 25.2. The second-order valence-corrected chi connectivity index (χ2v) is 7.51. The number of sulfone groups is 1. The molecule has 0 bridgehead atoms. The number of carbonyl (C=O) groups is 1. The maximum absolute atomic E-state index is 12.6. The monoisotopic (exact) mass is 332 g/mol. The van der Waals surface area contributed by atoms with Gasteiger partial charge in [-0.3, -0.25) is 10.2 Å². The van der Waals surface area contributed by atoms with Crippen LogP contribution in [0, 0.1) is 6.92 Å². The van der Waals surface area contributed by atoms with Gasteiger partial charge in [-0.15, -0.1) is 0 Å². The molecule has 0 aliphatic rings. The van der Waals surface area contributed by atoms with E-state index in [2.05, 4.69) is 5.43 Å². The lowest BCUT2D eigenvalue weighted by Crippen LogP contribution is -2.32. The number of hydrogen-bond donors (Lipinski definition) is 2. The Labute approximate surface area is 136 Å². The SMILES string of the molecule is Cc1ccc(C(CC(=O)NN)CS(=O)(=O)c2ccccc2)cc1. The summed E-state index contributed by atoms with van der Waals surface area (Å²) >= 11 is 0. The van der Waals surface area contributed by atoms with Crippen molar-refractivity contribution in [1.82, 2.24) is 5.43 Å². The van der Waals surface area contributed by atoms with Gasteiger partial charge in [0, 0.05) is 12.3 Å². The normalized spacial score (nSPS) is 12.6. The van der Waals surface area contributed by atoms with Crippen LogP contribution in [-0.2, 0) is 14.6 Å². The highest BCUT2D eigenvalue weighted by Gasteiger charge is 2.24. The first kappa shape index (κ1) is 17.2. The predicted molar refractivity (Wildman–Crippen MR) is 89.4 cm³/mol. The van der Waals surface area contributed by atoms with Gasteiger partial charge in [0.1, 0.15) is 0 Å². The Bertz CT molecular complexity index is 756. The number of amides is 1. The molecule has 0 aliphatic heterocycles. The molecular weight excluding hydrogens is 312 g/mol. The van der Waals surface area contributed by atoms with Crippen LogP contribution >= 0.6 is 0 Å². The van der Waals surface area contributed by atoms with Crippen LogP contribution in [0.5, 0.6) is 0 Å². The highest BCUT2D eigenvalue weighted by Crippen LogP contribution is 2.25. The Kier molecular flexibility index (Phi) is 5.52. The smallest absolute Gasteiger partial charge is 0.234 e. The van der Waals surface area contributed by atoms with E-state index in [0.29, 0.717) is 0 Å². The van der Waals surface area contributed by atoms with Crippen LogP contribution < -0.4 is 11.3 Å². The van der Waals surface area contributed by atoms with Crippen LogP contribution in [0.25, 0.3) is 0 Å². The van der Waals surface area contributed by atoms with E-state index in [-0.39, 0.29) is 23.0 Å². The van der Waals surface area contributed by atoms with Gasteiger partial charge >= 0.3 is 0 Å². The largest absolute Gasteiger partial charge is 0.294 e. The maximum Gasteiger partial charge on any atom is 0.234 e. The van der Waals surface area contributed by atoms with Gasteiger partial charge in [-0.25, -0.2) is 14.3 Å². The molecule has 0 spiro atoms. The fourth-order valence-electron chi connectivity index (χ4n) is 2.38. The molecule has 1 atom stereocenters. The summed E-state index contributed by atoms with van der Waals surface area (Å²) in [5.41, 5.74) is 3.94. The Hall–Kier alpha value is -2.18. The molecule has 5 nitrogen and oxygen atoms in total. The fourth-order valence-corrected chi connectivity index (χ4v) is 3.99. The highest BCUT2D eigenvalue weighted by molar-refractivity contribution is 7.91. The van der Waals surface area contributed by atoms with Gasteiger partial charge in [0.25, 0.3) is 0 Å². The molecule has 2 aromatic carbocycles. The second-order valence-electron chi connectivity index (χ2n) is 5.47. The zero-order valence-corrected chi connectivity index (χ0v) is 13.7. The number of nitrogens with two attached hydrogens (primary N) is 1. The first-order valence-electron chi connectivity index (χ1n) is 7.26. The van der Waals surface area contributed by atoms with Gasteiger partial charge in [0.2, 0.25) is 5.91 Å². The van der Waals surface area contributed by atoms with Crippen molar-refractivity contribution in [3.63, 3.8) is 0 Å². The summed E-state index contributed by atoms with van der Waals surface area (Å²) in [6, 6.07) is 15.7. The predicted octanol–water partition coefficient (Wildman–Crippen LogP) is 1.93. The highest BCUT2D eigenvalue weighted by atomic mass is 32.2. The van der Waals surface area contributed by atoms with Gasteiger partial charge in [0.15, 0.2) is 9.84 Å². The van der Waals surface area contributed by atoms with Gasteiger partial charge in [0.05, 0.1) is 10.6 Å². The molecule has 0 fully saturated rings. The molecule has 2 rings (SSSR count). The van der Waals surface area contributed by atoms with Gasteiger partial charge in [-0.2, -0.15) is 0 Å². The Morgan fingerprint density at radius 2 is 1.70 bits per heavy atom. The van der Waals surface area contributed by atoms with Crippen molar-refractivity contribution in [3.05, 3.63) is 65.7 Å². The van der Waals surface area contributed by atoms with Crippen molar-refractivity contribution in [2.45, 2.75) is 24.2 Å². The third kappa shape index (κ3) is 4.64. The van der Waals surface area contributed by atoms with Crippen molar-refractivity contribution in [2.24, 2.45) is 5.84 Å². The van der Waals surface area contributed by atoms with E-state index < -0.39 is 15.8 Å². The topological polar surface area (TPSA) is 89.3 Å². The maximum atomic E-state index is 12.6. The van der Waals surface area contributed by atoms with Crippen LogP contribution in [0.1, 0.15) is 23.5 Å². The van der Waals surface area contributed by atoms with E-state index in [0.717, 1.165) is 11.1 Å². The van der Waals surface area contributed by atoms with Crippen LogP contribution in [0.4, 0.5) is 0 Å². The van der Waals surface area contributed by atoms with Crippen molar-refractivity contribution < 1.29 is 13.2 Å². The van der Waals surface area contributed by atoms with E-state index in [1.54, 1.807) is 30.3 Å². The summed E-state index contributed by atoms with van der Waals surface area (Å²) in [7, 11) is -3.49. The Balaban J connectivity index is 2.30. The molecule has 0 aliphatic carbocycles. The quantitative estimate of drug-likeness (QED) is 0.480. The standard InChI is InChI=1S/C17H20N2O3S/c1-13-7-9-14(10-8-13)15(11-17(20)19-18)12-23(21,22)16-5-3-2-4-6-16/h2-10,15H,11-12,18H2,1H3,(H,19,20). The number of aryl methyl sites for hydroxylation is 1. The van der Waals surface area contributed by atoms with Crippen molar-refractivity contribution >= 4 is 15.7 Å². The average molecular weight is 332 g/mol. The molecule has 122 valence electrons. The Morgan fingerprint density at radius 3 is 2.26 bits per heavy atom. The van der Waals surface area contributed by atoms with Crippen LogP contribution in [0.2, 0.25) is 0 Å². The molecule has 2 aromatic rings. The minimum Gasteiger partial charge on any atom is -0.294 e. The molecule has 0 heterocycles. The van der Waals surface area contributed by atoms with E-state index in [1.165, 1.54) is 0 Å². The molecule has 0 aromatic heterocycles. The number of hydrogen-bond acceptors (Lipinski definition) is 4. The van der Waals surface area contributed by atoms with Gasteiger partial charge in [-0.1, -0.05) is 48.0 Å². The summed E-state index contributed by atoms with van der Waals surface area (Å²) in [4.78, 5) is 11.9. The number of benzene rings is 2. The number of rotatable bonds is 6. The number of nitrogens with one attached hydrogen (secondary N) is 1. The third-order valence-corrected chi connectivity index (χ3v) is 5.50. The lowest BCUT2D eigenvalue weighted by Gasteiger charge is -2.17. The lowest BCUT2D eigenvalue weighted by molar-refractivity contribution is -0.121. The molecule has 3 N–H and O–H groups in total. The van der Waals surface area contributed by atoms with Crippen molar-refractivity contribution in [3.8, 4) is 0 Å². The molecule has 0 saturated heterocycles. The zero-order chi connectivity index (χ0) is 16.9. The van der Waals surface area contributed by atoms with Crippen LogP contribution in [0.3, 0.4) is 0 Å². The minimum atomic E-state index is -3.49. The zero-order valence-electron chi connectivity index (χ0n) is 12.9. The first-order valence-corrected chi connectivity index (χ1v) is 8.91. The Morgan fingerprint density at radius 1 is 1.09 bits per heavy atom. The molecule has 1 unspecified atom stereocenters. The molecule has 6 heteroatoms. The fraction of sp³-hybridized carbons (Fsp3) is 0.235. The molecule has 1 amide bonds. The second kappa shape index (κ2) is 7.39. The van der Waals surface area contributed by atoms with Crippen LogP contribution in [-0.4, -0.2) is 20.1 Å². The van der Waals surface area contributed by atoms with Crippen molar-refractivity contribution in [2.75, 3.05) is 5.75 Å². The minimum absolute atomic E-state index is 0.0195. The van der Waals surface area contributed by atoms with E-state index in [9.17, 15) is 13.2 Å². The summed E-state index contributed by atoms with van der Waals surface area (Å²) in [5.74, 6) is 4.16. The van der Waals surface area contributed by atoms with E-state index in [4.69, 9.17) is 5.84 Å².